The van der Waals surface area contributed by atoms with E-state index in [1.54, 1.807) is 6.20 Å². The van der Waals surface area contributed by atoms with Gasteiger partial charge in [0.1, 0.15) is 5.82 Å². The maximum Gasteiger partial charge on any atom is 0.273 e. The molecule has 8 heteroatoms. The zero-order valence-corrected chi connectivity index (χ0v) is 17.2. The minimum Gasteiger partial charge on any atom is -0.382 e. The molecule has 0 atom stereocenters. The molecule has 0 bridgehead atoms. The number of rotatable bonds is 7. The highest BCUT2D eigenvalue weighted by Gasteiger charge is 2.14. The molecule has 0 radical (unpaired) electrons. The van der Waals surface area contributed by atoms with E-state index in [-0.39, 0.29) is 24.0 Å². The number of nitrogens with one attached hydrogen (secondary N) is 2. The fourth-order valence-corrected chi connectivity index (χ4v) is 3.32. The number of nitrogens with zero attached hydrogens (tertiary/aromatic N) is 4. The Bertz CT molecular complexity index is 1210. The van der Waals surface area contributed by atoms with Gasteiger partial charge in [-0.1, -0.05) is 24.3 Å². The number of hydrogen-bond acceptors (Lipinski definition) is 7. The average molecular weight is 413 g/mol. The summed E-state index contributed by atoms with van der Waals surface area (Å²) in [6.07, 6.45) is 5.43. The molecular formula is C23H23N7O. The molecule has 1 aromatic carbocycles. The summed E-state index contributed by atoms with van der Waals surface area (Å²) in [6.45, 7) is 2.97. The van der Waals surface area contributed by atoms with Crippen molar-refractivity contribution in [2.75, 3.05) is 17.6 Å². The third-order valence-corrected chi connectivity index (χ3v) is 4.91. The molecule has 3 aromatic heterocycles. The average Bonchev–Trinajstić information content (AvgIpc) is 2.79. The Morgan fingerprint density at radius 1 is 1.03 bits per heavy atom. The summed E-state index contributed by atoms with van der Waals surface area (Å²) < 4.78 is 0. The highest BCUT2D eigenvalue weighted by molar-refractivity contribution is 5.96. The number of nitrogen functional groups attached to an aromatic ring is 1. The summed E-state index contributed by atoms with van der Waals surface area (Å²) in [4.78, 5) is 29.7. The van der Waals surface area contributed by atoms with Crippen molar-refractivity contribution in [3.05, 3.63) is 83.6 Å². The predicted molar refractivity (Wildman–Crippen MR) is 121 cm³/mol. The number of para-hydroxylation sites is 1. The van der Waals surface area contributed by atoms with E-state index in [0.29, 0.717) is 6.54 Å². The van der Waals surface area contributed by atoms with Crippen LogP contribution in [0.4, 0.5) is 11.6 Å². The van der Waals surface area contributed by atoms with Gasteiger partial charge in [-0.05, 0) is 30.7 Å². The molecule has 0 aliphatic rings. The molecule has 4 rings (SSSR count). The Kier molecular flexibility index (Phi) is 5.98. The van der Waals surface area contributed by atoms with E-state index >= 15 is 0 Å². The predicted octanol–water partition coefficient (Wildman–Crippen LogP) is 2.90. The van der Waals surface area contributed by atoms with Crippen molar-refractivity contribution in [2.24, 2.45) is 0 Å². The second-order valence-corrected chi connectivity index (χ2v) is 7.11. The van der Waals surface area contributed by atoms with Crippen LogP contribution in [0.1, 0.15) is 27.3 Å². The second-order valence-electron chi connectivity index (χ2n) is 7.11. The zero-order chi connectivity index (χ0) is 21.6. The number of aromatic nitrogens is 4. The number of benzene rings is 1. The number of fused-ring (bicyclic) bond motifs is 1. The van der Waals surface area contributed by atoms with Crippen LogP contribution in [0.3, 0.4) is 0 Å². The maximum atomic E-state index is 12.5. The fourth-order valence-electron chi connectivity index (χ4n) is 3.32. The molecule has 4 aromatic rings. The lowest BCUT2D eigenvalue weighted by molar-refractivity contribution is 0.0946. The molecule has 0 unspecified atom stereocenters. The van der Waals surface area contributed by atoms with Gasteiger partial charge in [0.2, 0.25) is 0 Å². The summed E-state index contributed by atoms with van der Waals surface area (Å²) >= 11 is 0. The number of pyridine rings is 2. The summed E-state index contributed by atoms with van der Waals surface area (Å²) in [7, 11) is 0. The summed E-state index contributed by atoms with van der Waals surface area (Å²) in [5.41, 5.74) is 9.76. The Labute approximate surface area is 180 Å². The number of anilines is 2. The van der Waals surface area contributed by atoms with Gasteiger partial charge in [0.15, 0.2) is 11.5 Å². The van der Waals surface area contributed by atoms with E-state index in [4.69, 9.17) is 10.7 Å². The lowest BCUT2D eigenvalue weighted by Crippen LogP contribution is -2.26. The molecule has 8 nitrogen and oxygen atoms in total. The van der Waals surface area contributed by atoms with Gasteiger partial charge in [0.25, 0.3) is 5.91 Å². The quantitative estimate of drug-likeness (QED) is 0.426. The van der Waals surface area contributed by atoms with Crippen LogP contribution in [-0.4, -0.2) is 32.4 Å². The standard InChI is InChI=1S/C23H23N7O/c1-15-5-4-6-16-13-17(14-29-23(31)20-21(24)27-12-11-26-20)22(30-19(15)16)28-10-8-18-7-2-3-9-25-18/h2-7,9,11-13H,8,10,14H2,1H3,(H2,24,27)(H,28,30)(H,29,31). The topological polar surface area (TPSA) is 119 Å². The first-order valence-electron chi connectivity index (χ1n) is 9.99. The highest BCUT2D eigenvalue weighted by Crippen LogP contribution is 2.23. The van der Waals surface area contributed by atoms with E-state index in [1.807, 2.05) is 49.4 Å². The van der Waals surface area contributed by atoms with Crippen LogP contribution < -0.4 is 16.4 Å². The Morgan fingerprint density at radius 3 is 2.71 bits per heavy atom. The van der Waals surface area contributed by atoms with Crippen LogP contribution in [0.15, 0.2) is 61.1 Å². The summed E-state index contributed by atoms with van der Waals surface area (Å²) in [5.74, 6) is 0.445. The zero-order valence-electron chi connectivity index (χ0n) is 17.2. The molecule has 0 spiro atoms. The van der Waals surface area contributed by atoms with Crippen molar-refractivity contribution >= 4 is 28.4 Å². The van der Waals surface area contributed by atoms with Gasteiger partial charge in [0, 0.05) is 54.7 Å². The van der Waals surface area contributed by atoms with Gasteiger partial charge in [-0.15, -0.1) is 0 Å². The van der Waals surface area contributed by atoms with Gasteiger partial charge in [-0.2, -0.15) is 0 Å². The second kappa shape index (κ2) is 9.17. The van der Waals surface area contributed by atoms with Gasteiger partial charge in [-0.25, -0.2) is 15.0 Å². The molecule has 3 heterocycles. The van der Waals surface area contributed by atoms with E-state index in [1.165, 1.54) is 12.4 Å². The van der Waals surface area contributed by atoms with Crippen molar-refractivity contribution in [3.63, 3.8) is 0 Å². The first-order valence-corrected chi connectivity index (χ1v) is 9.99. The molecule has 4 N–H and O–H groups in total. The van der Waals surface area contributed by atoms with Crippen molar-refractivity contribution < 1.29 is 4.79 Å². The number of carbonyl (C=O) groups is 1. The highest BCUT2D eigenvalue weighted by atomic mass is 16.1. The van der Waals surface area contributed by atoms with Crippen molar-refractivity contribution in [2.45, 2.75) is 19.9 Å². The molecule has 31 heavy (non-hydrogen) atoms. The molecular weight excluding hydrogens is 390 g/mol. The number of carbonyl (C=O) groups excluding carboxylic acids is 1. The van der Waals surface area contributed by atoms with E-state index in [9.17, 15) is 4.79 Å². The molecule has 156 valence electrons. The van der Waals surface area contributed by atoms with E-state index in [0.717, 1.165) is 40.0 Å². The molecule has 0 aliphatic carbocycles. The molecule has 1 amide bonds. The summed E-state index contributed by atoms with van der Waals surface area (Å²) in [6, 6.07) is 13.9. The summed E-state index contributed by atoms with van der Waals surface area (Å²) in [5, 5.41) is 7.28. The maximum absolute atomic E-state index is 12.5. The minimum atomic E-state index is -0.380. The van der Waals surface area contributed by atoms with Crippen molar-refractivity contribution in [1.82, 2.24) is 25.3 Å². The molecule has 0 saturated carbocycles. The minimum absolute atomic E-state index is 0.0981. The lowest BCUT2D eigenvalue weighted by atomic mass is 10.1. The smallest absolute Gasteiger partial charge is 0.273 e. The van der Waals surface area contributed by atoms with E-state index in [2.05, 4.69) is 25.6 Å². The Balaban J connectivity index is 1.55. The molecule has 0 aliphatic heterocycles. The van der Waals surface area contributed by atoms with E-state index < -0.39 is 0 Å². The van der Waals surface area contributed by atoms with Crippen molar-refractivity contribution in [3.8, 4) is 0 Å². The fraction of sp³-hybridized carbons (Fsp3) is 0.174. The molecule has 0 saturated heterocycles. The largest absolute Gasteiger partial charge is 0.382 e. The van der Waals surface area contributed by atoms with Crippen LogP contribution in [-0.2, 0) is 13.0 Å². The number of aryl methyl sites for hydroxylation is 1. The van der Waals surface area contributed by atoms with Crippen LogP contribution in [0.2, 0.25) is 0 Å². The van der Waals surface area contributed by atoms with Gasteiger partial charge in [0.05, 0.1) is 5.52 Å². The lowest BCUT2D eigenvalue weighted by Gasteiger charge is -2.14. The van der Waals surface area contributed by atoms with Gasteiger partial charge < -0.3 is 16.4 Å². The third kappa shape index (κ3) is 4.75. The van der Waals surface area contributed by atoms with Crippen molar-refractivity contribution in [1.29, 1.82) is 0 Å². The van der Waals surface area contributed by atoms with Crippen LogP contribution in [0, 0.1) is 6.92 Å². The number of hydrogen-bond donors (Lipinski definition) is 3. The Morgan fingerprint density at radius 2 is 1.90 bits per heavy atom. The first kappa shape index (κ1) is 20.2. The number of nitrogens with two attached hydrogens (primary N) is 1. The van der Waals surface area contributed by atoms with Crippen LogP contribution in [0.25, 0.3) is 10.9 Å². The monoisotopic (exact) mass is 413 g/mol. The van der Waals surface area contributed by atoms with Gasteiger partial charge in [-0.3, -0.25) is 9.78 Å². The van der Waals surface area contributed by atoms with Crippen LogP contribution in [0.5, 0.6) is 0 Å². The normalized spacial score (nSPS) is 10.7. The number of amides is 1. The first-order chi connectivity index (χ1) is 15.1. The SMILES string of the molecule is Cc1cccc2cc(CNC(=O)c3nccnc3N)c(NCCc3ccccn3)nc12. The molecule has 0 fully saturated rings. The van der Waals surface area contributed by atoms with Crippen LogP contribution >= 0.6 is 0 Å². The Hall–Kier alpha value is -4.07. The third-order valence-electron chi connectivity index (χ3n) is 4.91. The van der Waals surface area contributed by atoms with Gasteiger partial charge >= 0.3 is 0 Å².